The standard InChI is InChI=1S/C14H18FNO3/c1-17-9-19-13-7-12-10(6-11(13)15)14(8-18-12)2-4-16-5-3-14/h6-7,16H,2-5,8-9H2,1H3. The number of fused-ring (bicyclic) bond motifs is 2. The third-order valence-corrected chi connectivity index (χ3v) is 4.00. The molecule has 104 valence electrons. The summed E-state index contributed by atoms with van der Waals surface area (Å²) in [5, 5.41) is 3.33. The zero-order valence-corrected chi connectivity index (χ0v) is 11.0. The van der Waals surface area contributed by atoms with Crippen molar-refractivity contribution in [3.05, 3.63) is 23.5 Å². The van der Waals surface area contributed by atoms with Gasteiger partial charge >= 0.3 is 0 Å². The Bertz CT molecular complexity index is 472. The molecule has 0 atom stereocenters. The summed E-state index contributed by atoms with van der Waals surface area (Å²) in [5.41, 5.74) is 0.956. The summed E-state index contributed by atoms with van der Waals surface area (Å²) in [4.78, 5) is 0. The normalized spacial score (nSPS) is 20.1. The van der Waals surface area contributed by atoms with Crippen LogP contribution in [0.5, 0.6) is 11.5 Å². The Balaban J connectivity index is 1.92. The zero-order chi connectivity index (χ0) is 13.3. The van der Waals surface area contributed by atoms with Crippen molar-refractivity contribution in [3.63, 3.8) is 0 Å². The molecule has 1 fully saturated rings. The van der Waals surface area contributed by atoms with Crippen LogP contribution in [0.2, 0.25) is 0 Å². The predicted molar refractivity (Wildman–Crippen MR) is 68.2 cm³/mol. The minimum absolute atomic E-state index is 0.0266. The van der Waals surface area contributed by atoms with Gasteiger partial charge in [-0.1, -0.05) is 0 Å². The van der Waals surface area contributed by atoms with Gasteiger partial charge in [-0.3, -0.25) is 0 Å². The Morgan fingerprint density at radius 2 is 2.16 bits per heavy atom. The molecule has 1 aromatic rings. The van der Waals surface area contributed by atoms with Crippen molar-refractivity contribution in [1.29, 1.82) is 0 Å². The lowest BCUT2D eigenvalue weighted by Crippen LogP contribution is -2.41. The highest BCUT2D eigenvalue weighted by Crippen LogP contribution is 2.46. The molecule has 0 saturated carbocycles. The molecule has 3 rings (SSSR count). The van der Waals surface area contributed by atoms with E-state index in [1.807, 2.05) is 0 Å². The Morgan fingerprint density at radius 3 is 2.89 bits per heavy atom. The van der Waals surface area contributed by atoms with E-state index in [0.717, 1.165) is 37.2 Å². The first-order valence-corrected chi connectivity index (χ1v) is 6.54. The number of hydrogen-bond acceptors (Lipinski definition) is 4. The number of nitrogens with one attached hydrogen (secondary N) is 1. The van der Waals surface area contributed by atoms with Gasteiger partial charge in [-0.25, -0.2) is 4.39 Å². The molecule has 5 heteroatoms. The Kier molecular flexibility index (Phi) is 3.33. The fraction of sp³-hybridized carbons (Fsp3) is 0.571. The number of benzene rings is 1. The minimum Gasteiger partial charge on any atom is -0.492 e. The van der Waals surface area contributed by atoms with Crippen molar-refractivity contribution in [1.82, 2.24) is 5.32 Å². The lowest BCUT2D eigenvalue weighted by atomic mass is 9.75. The maximum atomic E-state index is 14.1. The van der Waals surface area contributed by atoms with E-state index in [1.165, 1.54) is 7.11 Å². The van der Waals surface area contributed by atoms with Gasteiger partial charge in [0.1, 0.15) is 5.75 Å². The highest BCUT2D eigenvalue weighted by atomic mass is 19.1. The molecule has 0 amide bonds. The van der Waals surface area contributed by atoms with Crippen molar-refractivity contribution in [2.75, 3.05) is 33.6 Å². The second kappa shape index (κ2) is 4.98. The number of rotatable bonds is 3. The molecule has 2 heterocycles. The van der Waals surface area contributed by atoms with Crippen LogP contribution in [0.3, 0.4) is 0 Å². The fourth-order valence-electron chi connectivity index (χ4n) is 2.91. The van der Waals surface area contributed by atoms with Crippen LogP contribution in [0.1, 0.15) is 18.4 Å². The molecule has 2 aliphatic heterocycles. The molecule has 0 aliphatic carbocycles. The molecule has 1 spiro atoms. The Hall–Kier alpha value is -1.33. The van der Waals surface area contributed by atoms with Gasteiger partial charge < -0.3 is 19.5 Å². The fourth-order valence-corrected chi connectivity index (χ4v) is 2.91. The number of ether oxygens (including phenoxy) is 3. The molecule has 0 bridgehead atoms. The van der Waals surface area contributed by atoms with E-state index in [-0.39, 0.29) is 23.8 Å². The first kappa shape index (κ1) is 12.7. The smallest absolute Gasteiger partial charge is 0.188 e. The summed E-state index contributed by atoms with van der Waals surface area (Å²) in [6.45, 7) is 2.57. The molecule has 0 aromatic heterocycles. The molecule has 1 N–H and O–H groups in total. The molecular formula is C14H18FNO3. The predicted octanol–water partition coefficient (Wildman–Crippen LogP) is 1.82. The number of hydrogen-bond donors (Lipinski definition) is 1. The molecule has 1 saturated heterocycles. The number of piperidine rings is 1. The average Bonchev–Trinajstić information content (AvgIpc) is 2.75. The SMILES string of the molecule is COCOc1cc2c(cc1F)C1(CCNCC1)CO2. The minimum atomic E-state index is -0.348. The van der Waals surface area contributed by atoms with Gasteiger partial charge in [0.2, 0.25) is 0 Å². The second-order valence-corrected chi connectivity index (χ2v) is 5.15. The molecular weight excluding hydrogens is 249 g/mol. The topological polar surface area (TPSA) is 39.7 Å². The van der Waals surface area contributed by atoms with Crippen LogP contribution >= 0.6 is 0 Å². The summed E-state index contributed by atoms with van der Waals surface area (Å²) in [6, 6.07) is 3.21. The quantitative estimate of drug-likeness (QED) is 0.848. The highest BCUT2D eigenvalue weighted by Gasteiger charge is 2.42. The van der Waals surface area contributed by atoms with Crippen molar-refractivity contribution in [2.45, 2.75) is 18.3 Å². The van der Waals surface area contributed by atoms with Gasteiger partial charge in [0, 0.05) is 24.2 Å². The summed E-state index contributed by atoms with van der Waals surface area (Å²) in [7, 11) is 1.51. The van der Waals surface area contributed by atoms with Crippen LogP contribution in [-0.2, 0) is 10.2 Å². The van der Waals surface area contributed by atoms with Gasteiger partial charge in [-0.05, 0) is 32.0 Å². The van der Waals surface area contributed by atoms with Gasteiger partial charge in [0.25, 0.3) is 0 Å². The summed E-state index contributed by atoms with van der Waals surface area (Å²) < 4.78 is 29.8. The van der Waals surface area contributed by atoms with Gasteiger partial charge in [-0.2, -0.15) is 0 Å². The van der Waals surface area contributed by atoms with E-state index in [4.69, 9.17) is 14.2 Å². The van der Waals surface area contributed by atoms with E-state index in [0.29, 0.717) is 6.61 Å². The third-order valence-electron chi connectivity index (χ3n) is 4.00. The summed E-state index contributed by atoms with van der Waals surface area (Å²) >= 11 is 0. The molecule has 1 aromatic carbocycles. The molecule has 0 radical (unpaired) electrons. The maximum absolute atomic E-state index is 14.1. The van der Waals surface area contributed by atoms with Crippen molar-refractivity contribution in [2.24, 2.45) is 0 Å². The largest absolute Gasteiger partial charge is 0.492 e. The van der Waals surface area contributed by atoms with Crippen LogP contribution in [0, 0.1) is 5.82 Å². The van der Waals surface area contributed by atoms with Crippen molar-refractivity contribution in [3.8, 4) is 11.5 Å². The lowest BCUT2D eigenvalue weighted by Gasteiger charge is -2.32. The molecule has 4 nitrogen and oxygen atoms in total. The van der Waals surface area contributed by atoms with E-state index in [9.17, 15) is 4.39 Å². The molecule has 2 aliphatic rings. The first-order valence-electron chi connectivity index (χ1n) is 6.54. The van der Waals surface area contributed by atoms with Crippen LogP contribution in [0.4, 0.5) is 4.39 Å². The van der Waals surface area contributed by atoms with Crippen LogP contribution < -0.4 is 14.8 Å². The molecule has 0 unspecified atom stereocenters. The van der Waals surface area contributed by atoms with E-state index >= 15 is 0 Å². The molecule has 19 heavy (non-hydrogen) atoms. The summed E-state index contributed by atoms with van der Waals surface area (Å²) in [5.74, 6) is 0.584. The van der Waals surface area contributed by atoms with Crippen molar-refractivity contribution < 1.29 is 18.6 Å². The van der Waals surface area contributed by atoms with Crippen LogP contribution in [-0.4, -0.2) is 33.6 Å². The number of halogens is 1. The maximum Gasteiger partial charge on any atom is 0.188 e. The zero-order valence-electron chi connectivity index (χ0n) is 11.0. The number of methoxy groups -OCH3 is 1. The first-order chi connectivity index (χ1) is 9.25. The van der Waals surface area contributed by atoms with E-state index in [2.05, 4.69) is 5.32 Å². The van der Waals surface area contributed by atoms with Gasteiger partial charge in [-0.15, -0.1) is 0 Å². The monoisotopic (exact) mass is 267 g/mol. The van der Waals surface area contributed by atoms with Crippen LogP contribution in [0.15, 0.2) is 12.1 Å². The second-order valence-electron chi connectivity index (χ2n) is 5.15. The average molecular weight is 267 g/mol. The summed E-state index contributed by atoms with van der Waals surface area (Å²) in [6.07, 6.45) is 1.97. The Labute approximate surface area is 111 Å². The van der Waals surface area contributed by atoms with E-state index in [1.54, 1.807) is 12.1 Å². The lowest BCUT2D eigenvalue weighted by molar-refractivity contribution is 0.0481. The highest BCUT2D eigenvalue weighted by molar-refractivity contribution is 5.49. The van der Waals surface area contributed by atoms with E-state index < -0.39 is 0 Å². The van der Waals surface area contributed by atoms with Gasteiger partial charge in [0.05, 0.1) is 6.61 Å². The Morgan fingerprint density at radius 1 is 1.37 bits per heavy atom. The van der Waals surface area contributed by atoms with Gasteiger partial charge in [0.15, 0.2) is 18.4 Å². The van der Waals surface area contributed by atoms with Crippen molar-refractivity contribution >= 4 is 0 Å². The van der Waals surface area contributed by atoms with Crippen LogP contribution in [0.25, 0.3) is 0 Å². The third kappa shape index (κ3) is 2.17.